The quantitative estimate of drug-likeness (QED) is 0.584. The predicted molar refractivity (Wildman–Crippen MR) is 57.6 cm³/mol. The fourth-order valence-corrected chi connectivity index (χ4v) is 1.34. The SMILES string of the molecule is COCCCC(N)C(=O)c1cncc(F)c1. The van der Waals surface area contributed by atoms with Crippen LogP contribution in [0.15, 0.2) is 18.5 Å². The first-order valence-electron chi connectivity index (χ1n) is 5.04. The van der Waals surface area contributed by atoms with Gasteiger partial charge in [-0.15, -0.1) is 0 Å². The molecule has 1 rings (SSSR count). The molecule has 0 aliphatic rings. The minimum Gasteiger partial charge on any atom is -0.385 e. The molecule has 0 aromatic carbocycles. The number of hydrogen-bond donors (Lipinski definition) is 1. The summed E-state index contributed by atoms with van der Waals surface area (Å²) in [6.45, 7) is 0.558. The molecule has 2 N–H and O–H groups in total. The molecule has 5 heteroatoms. The van der Waals surface area contributed by atoms with Crippen LogP contribution in [-0.4, -0.2) is 30.5 Å². The van der Waals surface area contributed by atoms with Gasteiger partial charge in [0.2, 0.25) is 0 Å². The zero-order valence-corrected chi connectivity index (χ0v) is 9.15. The molecule has 1 aromatic heterocycles. The first-order chi connectivity index (χ1) is 7.65. The Balaban J connectivity index is 2.56. The van der Waals surface area contributed by atoms with Gasteiger partial charge in [0.25, 0.3) is 0 Å². The topological polar surface area (TPSA) is 65.2 Å². The Bertz CT molecular complexity index is 358. The number of ether oxygens (including phenoxy) is 1. The summed E-state index contributed by atoms with van der Waals surface area (Å²) >= 11 is 0. The van der Waals surface area contributed by atoms with E-state index in [1.807, 2.05) is 0 Å². The van der Waals surface area contributed by atoms with Crippen molar-refractivity contribution in [2.24, 2.45) is 5.73 Å². The lowest BCUT2D eigenvalue weighted by molar-refractivity contribution is 0.0949. The lowest BCUT2D eigenvalue weighted by Gasteiger charge is -2.09. The maximum absolute atomic E-state index is 12.8. The van der Waals surface area contributed by atoms with Crippen LogP contribution in [0.1, 0.15) is 23.2 Å². The standard InChI is InChI=1S/C11H15FN2O2/c1-16-4-2-3-10(13)11(15)8-5-9(12)7-14-6-8/h5-7,10H,2-4,13H2,1H3. The van der Waals surface area contributed by atoms with Crippen LogP contribution in [-0.2, 0) is 4.74 Å². The number of nitrogens with zero attached hydrogens (tertiary/aromatic N) is 1. The highest BCUT2D eigenvalue weighted by Crippen LogP contribution is 2.07. The number of aromatic nitrogens is 1. The summed E-state index contributed by atoms with van der Waals surface area (Å²) in [5.41, 5.74) is 5.90. The maximum Gasteiger partial charge on any atom is 0.181 e. The molecule has 0 radical (unpaired) electrons. The Morgan fingerprint density at radius 3 is 3.00 bits per heavy atom. The lowest BCUT2D eigenvalue weighted by Crippen LogP contribution is -2.30. The molecular weight excluding hydrogens is 211 g/mol. The minimum atomic E-state index is -0.626. The third-order valence-corrected chi connectivity index (χ3v) is 2.19. The van der Waals surface area contributed by atoms with Gasteiger partial charge in [-0.1, -0.05) is 0 Å². The zero-order valence-electron chi connectivity index (χ0n) is 9.15. The van der Waals surface area contributed by atoms with Gasteiger partial charge < -0.3 is 10.5 Å². The molecule has 0 saturated heterocycles. The predicted octanol–water partition coefficient (Wildman–Crippen LogP) is 1.16. The largest absolute Gasteiger partial charge is 0.385 e. The first kappa shape index (κ1) is 12.7. The molecule has 0 aliphatic heterocycles. The van der Waals surface area contributed by atoms with Crippen molar-refractivity contribution in [2.45, 2.75) is 18.9 Å². The molecule has 1 unspecified atom stereocenters. The molecule has 88 valence electrons. The molecule has 0 spiro atoms. The lowest BCUT2D eigenvalue weighted by atomic mass is 10.0. The van der Waals surface area contributed by atoms with E-state index in [9.17, 15) is 9.18 Å². The summed E-state index contributed by atoms with van der Waals surface area (Å²) in [4.78, 5) is 15.3. The monoisotopic (exact) mass is 226 g/mol. The van der Waals surface area contributed by atoms with Crippen LogP contribution in [0.4, 0.5) is 4.39 Å². The molecule has 0 amide bonds. The van der Waals surface area contributed by atoms with Crippen molar-refractivity contribution in [3.8, 4) is 0 Å². The van der Waals surface area contributed by atoms with Crippen molar-refractivity contribution >= 4 is 5.78 Å². The van der Waals surface area contributed by atoms with Gasteiger partial charge in [0.15, 0.2) is 5.78 Å². The second-order valence-electron chi connectivity index (χ2n) is 3.50. The molecule has 0 fully saturated rings. The average Bonchev–Trinajstić information content (AvgIpc) is 2.28. The molecule has 1 aromatic rings. The van der Waals surface area contributed by atoms with Crippen LogP contribution in [0.5, 0.6) is 0 Å². The Morgan fingerprint density at radius 2 is 2.38 bits per heavy atom. The van der Waals surface area contributed by atoms with Gasteiger partial charge in [0.05, 0.1) is 12.2 Å². The van der Waals surface area contributed by atoms with Crippen molar-refractivity contribution in [3.63, 3.8) is 0 Å². The van der Waals surface area contributed by atoms with Gasteiger partial charge in [0, 0.05) is 25.5 Å². The van der Waals surface area contributed by atoms with E-state index in [0.717, 1.165) is 12.3 Å². The van der Waals surface area contributed by atoms with Crippen LogP contribution in [0.2, 0.25) is 0 Å². The summed E-state index contributed by atoms with van der Waals surface area (Å²) in [6.07, 6.45) is 3.59. The number of Topliss-reactive ketones (excluding diaryl/α,β-unsaturated/α-hetero) is 1. The number of nitrogens with two attached hydrogens (primary N) is 1. The van der Waals surface area contributed by atoms with E-state index in [2.05, 4.69) is 4.98 Å². The fraction of sp³-hybridized carbons (Fsp3) is 0.455. The minimum absolute atomic E-state index is 0.213. The fourth-order valence-electron chi connectivity index (χ4n) is 1.34. The number of carbonyl (C=O) groups is 1. The van der Waals surface area contributed by atoms with Crippen LogP contribution >= 0.6 is 0 Å². The number of carbonyl (C=O) groups excluding carboxylic acids is 1. The van der Waals surface area contributed by atoms with Gasteiger partial charge in [-0.3, -0.25) is 9.78 Å². The van der Waals surface area contributed by atoms with Gasteiger partial charge in [-0.2, -0.15) is 0 Å². The van der Waals surface area contributed by atoms with E-state index in [4.69, 9.17) is 10.5 Å². The number of methoxy groups -OCH3 is 1. The second kappa shape index (κ2) is 6.30. The number of pyridine rings is 1. The van der Waals surface area contributed by atoms with Crippen LogP contribution in [0.25, 0.3) is 0 Å². The third kappa shape index (κ3) is 3.67. The summed E-state index contributed by atoms with van der Waals surface area (Å²) < 4.78 is 17.7. The van der Waals surface area contributed by atoms with Crippen LogP contribution < -0.4 is 5.73 Å². The van der Waals surface area contributed by atoms with Gasteiger partial charge >= 0.3 is 0 Å². The molecular formula is C11H15FN2O2. The molecule has 0 aliphatic carbocycles. The molecule has 1 atom stereocenters. The van der Waals surface area contributed by atoms with E-state index in [1.165, 1.54) is 6.20 Å². The molecule has 16 heavy (non-hydrogen) atoms. The van der Waals surface area contributed by atoms with Gasteiger partial charge in [-0.05, 0) is 18.9 Å². The average molecular weight is 226 g/mol. The van der Waals surface area contributed by atoms with E-state index in [1.54, 1.807) is 7.11 Å². The second-order valence-corrected chi connectivity index (χ2v) is 3.50. The Morgan fingerprint density at radius 1 is 1.62 bits per heavy atom. The molecule has 4 nitrogen and oxygen atoms in total. The summed E-state index contributed by atoms with van der Waals surface area (Å²) in [5.74, 6) is -0.821. The van der Waals surface area contributed by atoms with E-state index >= 15 is 0 Å². The van der Waals surface area contributed by atoms with Crippen LogP contribution in [0, 0.1) is 5.82 Å². The van der Waals surface area contributed by atoms with Crippen molar-refractivity contribution in [2.75, 3.05) is 13.7 Å². The highest BCUT2D eigenvalue weighted by atomic mass is 19.1. The Labute approximate surface area is 93.6 Å². The van der Waals surface area contributed by atoms with Gasteiger partial charge in [0.1, 0.15) is 5.82 Å². The number of hydrogen-bond acceptors (Lipinski definition) is 4. The van der Waals surface area contributed by atoms with Crippen molar-refractivity contribution in [1.82, 2.24) is 4.98 Å². The normalized spacial score (nSPS) is 12.4. The van der Waals surface area contributed by atoms with Crippen molar-refractivity contribution in [1.29, 1.82) is 0 Å². The van der Waals surface area contributed by atoms with Crippen LogP contribution in [0.3, 0.4) is 0 Å². The zero-order chi connectivity index (χ0) is 12.0. The third-order valence-electron chi connectivity index (χ3n) is 2.19. The number of ketones is 1. The van der Waals surface area contributed by atoms with Crippen molar-refractivity contribution < 1.29 is 13.9 Å². The Hall–Kier alpha value is -1.33. The summed E-state index contributed by atoms with van der Waals surface area (Å²) in [5, 5.41) is 0. The Kier molecular flexibility index (Phi) is 5.01. The smallest absolute Gasteiger partial charge is 0.181 e. The van der Waals surface area contributed by atoms with E-state index in [0.29, 0.717) is 19.4 Å². The van der Waals surface area contributed by atoms with Crippen molar-refractivity contribution in [3.05, 3.63) is 29.8 Å². The molecule has 1 heterocycles. The first-order valence-corrected chi connectivity index (χ1v) is 5.04. The summed E-state index contributed by atoms with van der Waals surface area (Å²) in [6, 6.07) is 0.518. The highest BCUT2D eigenvalue weighted by molar-refractivity contribution is 5.99. The number of halogens is 1. The highest BCUT2D eigenvalue weighted by Gasteiger charge is 2.16. The van der Waals surface area contributed by atoms with Gasteiger partial charge in [-0.25, -0.2) is 4.39 Å². The maximum atomic E-state index is 12.8. The molecule has 0 bridgehead atoms. The molecule has 0 saturated carbocycles. The number of rotatable bonds is 6. The van der Waals surface area contributed by atoms with E-state index in [-0.39, 0.29) is 11.3 Å². The van der Waals surface area contributed by atoms with E-state index < -0.39 is 11.9 Å². The summed E-state index contributed by atoms with van der Waals surface area (Å²) in [7, 11) is 1.59.